The molecule has 2 saturated carbocycles. The molecule has 9 heteroatoms. The maximum absolute atomic E-state index is 12.9. The molecule has 1 amide bonds. The van der Waals surface area contributed by atoms with Crippen molar-refractivity contribution in [3.63, 3.8) is 0 Å². The maximum Gasteiger partial charge on any atom is 0.417 e. The van der Waals surface area contributed by atoms with Gasteiger partial charge in [0.05, 0.1) is 16.5 Å². The Bertz CT molecular complexity index is 780. The molecule has 2 fully saturated rings. The van der Waals surface area contributed by atoms with E-state index in [1.165, 1.54) is 6.07 Å². The standard InChI is InChI=1S/C19H19ClF3NO4/c20-15-5-4-13(8-14(15)19(21,22)23)24-16(25)9-28-18(27)12-6-10-2-1-3-11(7-12)17(10)26/h4-5,8,10-12H,1-3,6-7,9H2,(H,24,25)/t10-,11-/m0/s1. The minimum absolute atomic E-state index is 0.101. The van der Waals surface area contributed by atoms with Gasteiger partial charge in [-0.1, -0.05) is 18.0 Å². The molecular formula is C19H19ClF3NO4. The molecule has 0 unspecified atom stereocenters. The van der Waals surface area contributed by atoms with E-state index >= 15 is 0 Å². The molecule has 0 spiro atoms. The molecule has 28 heavy (non-hydrogen) atoms. The Morgan fingerprint density at radius 3 is 2.43 bits per heavy atom. The first-order valence-corrected chi connectivity index (χ1v) is 9.40. The van der Waals surface area contributed by atoms with Gasteiger partial charge in [-0.2, -0.15) is 13.2 Å². The summed E-state index contributed by atoms with van der Waals surface area (Å²) in [7, 11) is 0. The van der Waals surface area contributed by atoms with Crippen LogP contribution < -0.4 is 5.32 Å². The number of halogens is 4. The number of benzene rings is 1. The number of carbonyl (C=O) groups excluding carboxylic acids is 3. The highest BCUT2D eigenvalue weighted by Crippen LogP contribution is 2.40. The van der Waals surface area contributed by atoms with Crippen LogP contribution in [0.15, 0.2) is 18.2 Å². The second-order valence-electron chi connectivity index (χ2n) is 7.24. The van der Waals surface area contributed by atoms with Gasteiger partial charge in [-0.25, -0.2) is 0 Å². The highest BCUT2D eigenvalue weighted by Gasteiger charge is 2.42. The zero-order valence-electron chi connectivity index (χ0n) is 14.9. The fourth-order valence-electron chi connectivity index (χ4n) is 3.94. The van der Waals surface area contributed by atoms with Gasteiger partial charge < -0.3 is 10.1 Å². The lowest BCUT2D eigenvalue weighted by molar-refractivity contribution is -0.155. The predicted octanol–water partition coefficient (Wildman–Crippen LogP) is 4.24. The van der Waals surface area contributed by atoms with Crippen molar-refractivity contribution >= 4 is 34.9 Å². The van der Waals surface area contributed by atoms with Crippen molar-refractivity contribution in [3.8, 4) is 0 Å². The Hall–Kier alpha value is -2.09. The van der Waals surface area contributed by atoms with Crippen LogP contribution in [0.3, 0.4) is 0 Å². The monoisotopic (exact) mass is 417 g/mol. The van der Waals surface area contributed by atoms with Crippen LogP contribution in [0.4, 0.5) is 18.9 Å². The van der Waals surface area contributed by atoms with Crippen LogP contribution in [0.2, 0.25) is 5.02 Å². The molecule has 5 nitrogen and oxygen atoms in total. The van der Waals surface area contributed by atoms with Crippen molar-refractivity contribution in [1.29, 1.82) is 0 Å². The number of nitrogens with one attached hydrogen (secondary N) is 1. The number of ether oxygens (including phenoxy) is 1. The Morgan fingerprint density at radius 2 is 1.82 bits per heavy atom. The lowest BCUT2D eigenvalue weighted by atomic mass is 9.67. The topological polar surface area (TPSA) is 72.5 Å². The predicted molar refractivity (Wildman–Crippen MR) is 94.6 cm³/mol. The van der Waals surface area contributed by atoms with Crippen LogP contribution in [0, 0.1) is 17.8 Å². The summed E-state index contributed by atoms with van der Waals surface area (Å²) in [5.41, 5.74) is -1.17. The van der Waals surface area contributed by atoms with Gasteiger partial charge in [0.2, 0.25) is 0 Å². The Labute approximate surface area is 164 Å². The third-order valence-electron chi connectivity index (χ3n) is 5.28. The Morgan fingerprint density at radius 1 is 1.18 bits per heavy atom. The van der Waals surface area contributed by atoms with Crippen LogP contribution >= 0.6 is 11.6 Å². The molecule has 1 aromatic rings. The first-order valence-electron chi connectivity index (χ1n) is 9.02. The minimum atomic E-state index is -4.65. The molecule has 2 aliphatic rings. The average Bonchev–Trinajstić information content (AvgIpc) is 2.60. The van der Waals surface area contributed by atoms with E-state index in [0.29, 0.717) is 12.8 Å². The zero-order valence-corrected chi connectivity index (χ0v) is 15.6. The maximum atomic E-state index is 12.9. The molecule has 0 heterocycles. The molecule has 0 radical (unpaired) electrons. The summed E-state index contributed by atoms with van der Waals surface area (Å²) < 4.78 is 43.6. The number of rotatable bonds is 4. The van der Waals surface area contributed by atoms with Gasteiger partial charge in [-0.3, -0.25) is 14.4 Å². The number of anilines is 1. The molecule has 2 aliphatic carbocycles. The molecule has 3 rings (SSSR count). The number of ketones is 1. The summed E-state index contributed by atoms with van der Waals surface area (Å²) in [6.45, 7) is -0.609. The molecular weight excluding hydrogens is 399 g/mol. The van der Waals surface area contributed by atoms with Crippen LogP contribution in [0.25, 0.3) is 0 Å². The molecule has 152 valence electrons. The molecule has 1 N–H and O–H groups in total. The van der Waals surface area contributed by atoms with E-state index in [2.05, 4.69) is 5.32 Å². The van der Waals surface area contributed by atoms with Crippen molar-refractivity contribution < 1.29 is 32.3 Å². The van der Waals surface area contributed by atoms with Gasteiger partial charge in [0.15, 0.2) is 6.61 Å². The van der Waals surface area contributed by atoms with E-state index < -0.39 is 41.2 Å². The Balaban J connectivity index is 1.53. The van der Waals surface area contributed by atoms with E-state index in [1.54, 1.807) is 0 Å². The average molecular weight is 418 g/mol. The first kappa shape index (κ1) is 20.6. The smallest absolute Gasteiger partial charge is 0.417 e. The van der Waals surface area contributed by atoms with E-state index in [4.69, 9.17) is 16.3 Å². The van der Waals surface area contributed by atoms with Gasteiger partial charge in [-0.15, -0.1) is 0 Å². The van der Waals surface area contributed by atoms with Crippen LogP contribution in [-0.2, 0) is 25.3 Å². The number of esters is 1. The van der Waals surface area contributed by atoms with Crippen molar-refractivity contribution in [1.82, 2.24) is 0 Å². The van der Waals surface area contributed by atoms with E-state index in [1.807, 2.05) is 0 Å². The summed E-state index contributed by atoms with van der Waals surface area (Å²) in [6, 6.07) is 2.98. The number of amides is 1. The first-order chi connectivity index (χ1) is 13.1. The van der Waals surface area contributed by atoms with Gasteiger partial charge in [0.1, 0.15) is 5.78 Å². The molecule has 2 bridgehead atoms. The van der Waals surface area contributed by atoms with Crippen molar-refractivity contribution in [2.75, 3.05) is 11.9 Å². The summed E-state index contributed by atoms with van der Waals surface area (Å²) in [6.07, 6.45) is -1.26. The quantitative estimate of drug-likeness (QED) is 0.744. The molecule has 0 aliphatic heterocycles. The lowest BCUT2D eigenvalue weighted by Gasteiger charge is -2.36. The van der Waals surface area contributed by atoms with E-state index in [9.17, 15) is 27.6 Å². The third-order valence-corrected chi connectivity index (χ3v) is 5.61. The molecule has 1 aromatic carbocycles. The second-order valence-corrected chi connectivity index (χ2v) is 7.65. The number of fused-ring (bicyclic) bond motifs is 2. The number of carbonyl (C=O) groups is 3. The van der Waals surface area contributed by atoms with E-state index in [0.717, 1.165) is 31.4 Å². The third kappa shape index (κ3) is 4.66. The number of hydrogen-bond donors (Lipinski definition) is 1. The fourth-order valence-corrected chi connectivity index (χ4v) is 4.17. The summed E-state index contributed by atoms with van der Waals surface area (Å²) >= 11 is 5.53. The lowest BCUT2D eigenvalue weighted by Crippen LogP contribution is -2.40. The van der Waals surface area contributed by atoms with Gasteiger partial charge >= 0.3 is 12.1 Å². The highest BCUT2D eigenvalue weighted by molar-refractivity contribution is 6.31. The van der Waals surface area contributed by atoms with Gasteiger partial charge in [0, 0.05) is 17.5 Å². The van der Waals surface area contributed by atoms with Crippen molar-refractivity contribution in [2.45, 2.75) is 38.3 Å². The van der Waals surface area contributed by atoms with Crippen molar-refractivity contribution in [2.24, 2.45) is 17.8 Å². The molecule has 0 saturated heterocycles. The van der Waals surface area contributed by atoms with Crippen molar-refractivity contribution in [3.05, 3.63) is 28.8 Å². The Kier molecular flexibility index (Phi) is 5.98. The SMILES string of the molecule is O=C(COC(=O)C1C[C@@H]2CCC[C@@H](C1)C2=O)Nc1ccc(Cl)c(C(F)(F)F)c1. The largest absolute Gasteiger partial charge is 0.455 e. The van der Waals surface area contributed by atoms with Gasteiger partial charge in [-0.05, 0) is 43.9 Å². The normalized spacial score (nSPS) is 24.6. The van der Waals surface area contributed by atoms with Crippen LogP contribution in [0.1, 0.15) is 37.7 Å². The zero-order chi connectivity index (χ0) is 20.5. The van der Waals surface area contributed by atoms with Gasteiger partial charge in [0.25, 0.3) is 5.91 Å². The number of Topliss-reactive ketones (excluding diaryl/α,β-unsaturated/α-hetero) is 1. The number of hydrogen-bond acceptors (Lipinski definition) is 4. The molecule has 0 aromatic heterocycles. The number of alkyl halides is 3. The second kappa shape index (κ2) is 8.11. The molecule has 2 atom stereocenters. The van der Waals surface area contributed by atoms with E-state index in [-0.39, 0.29) is 23.3 Å². The summed E-state index contributed by atoms with van der Waals surface area (Å²) in [4.78, 5) is 36.2. The summed E-state index contributed by atoms with van der Waals surface area (Å²) in [5, 5.41) is 1.78. The fraction of sp³-hybridized carbons (Fsp3) is 0.526. The van der Waals surface area contributed by atoms with Crippen LogP contribution in [-0.4, -0.2) is 24.3 Å². The highest BCUT2D eigenvalue weighted by atomic mass is 35.5. The summed E-state index contributed by atoms with van der Waals surface area (Å²) in [5.74, 6) is -1.74. The van der Waals surface area contributed by atoms with Crippen LogP contribution in [0.5, 0.6) is 0 Å². The minimum Gasteiger partial charge on any atom is -0.455 e.